The molecule has 0 saturated carbocycles. The summed E-state index contributed by atoms with van der Waals surface area (Å²) >= 11 is 5.99. The van der Waals surface area contributed by atoms with Gasteiger partial charge in [0.1, 0.15) is 11.5 Å². The Kier molecular flexibility index (Phi) is 4.19. The highest BCUT2D eigenvalue weighted by Gasteiger charge is 2.13. The molecular weight excluding hydrogens is 300 g/mol. The van der Waals surface area contributed by atoms with Gasteiger partial charge in [0.15, 0.2) is 0 Å². The predicted molar refractivity (Wildman–Crippen MR) is 76.1 cm³/mol. The van der Waals surface area contributed by atoms with Crippen molar-refractivity contribution in [2.24, 2.45) is 10.8 Å². The van der Waals surface area contributed by atoms with Crippen molar-refractivity contribution in [1.82, 2.24) is 5.43 Å². The highest BCUT2D eigenvalue weighted by atomic mass is 35.5. The van der Waals surface area contributed by atoms with Gasteiger partial charge in [0.2, 0.25) is 0 Å². The van der Waals surface area contributed by atoms with E-state index in [2.05, 4.69) is 5.10 Å². The molecular formula is C12H9ClN4O4. The Bertz CT molecular complexity index is 726. The quantitative estimate of drug-likeness (QED) is 0.511. The second kappa shape index (κ2) is 6.06. The molecule has 9 heteroatoms. The Morgan fingerprint density at radius 2 is 2.19 bits per heavy atom. The van der Waals surface area contributed by atoms with E-state index in [1.54, 1.807) is 12.1 Å². The fraction of sp³-hybridized carbons (Fsp3) is 0. The van der Waals surface area contributed by atoms with Crippen molar-refractivity contribution in [3.63, 3.8) is 0 Å². The maximum atomic E-state index is 10.6. The van der Waals surface area contributed by atoms with E-state index >= 15 is 0 Å². The lowest BCUT2D eigenvalue weighted by Crippen LogP contribution is -2.24. The molecule has 0 unspecified atom stereocenters. The van der Waals surface area contributed by atoms with Crippen LogP contribution < -0.4 is 11.2 Å². The molecule has 0 saturated heterocycles. The molecule has 0 aliphatic rings. The second-order valence-corrected chi connectivity index (χ2v) is 4.26. The molecule has 3 N–H and O–H groups in total. The van der Waals surface area contributed by atoms with Gasteiger partial charge in [0, 0.05) is 17.7 Å². The third-order valence-electron chi connectivity index (χ3n) is 2.42. The zero-order valence-electron chi connectivity index (χ0n) is 10.4. The number of amides is 2. The minimum absolute atomic E-state index is 0.109. The van der Waals surface area contributed by atoms with Crippen LogP contribution in [-0.2, 0) is 0 Å². The highest BCUT2D eigenvalue weighted by Crippen LogP contribution is 2.31. The topological polar surface area (TPSA) is 124 Å². The van der Waals surface area contributed by atoms with Crippen molar-refractivity contribution in [1.29, 1.82) is 0 Å². The van der Waals surface area contributed by atoms with Crippen LogP contribution in [0.15, 0.2) is 39.9 Å². The fourth-order valence-electron chi connectivity index (χ4n) is 1.54. The maximum absolute atomic E-state index is 10.6. The minimum Gasteiger partial charge on any atom is -0.455 e. The van der Waals surface area contributed by atoms with E-state index in [1.807, 2.05) is 5.43 Å². The first-order chi connectivity index (χ1) is 9.97. The van der Waals surface area contributed by atoms with Gasteiger partial charge in [-0.3, -0.25) is 10.1 Å². The SMILES string of the molecule is NC(=O)N/N=C\c1ccc(-c2ccc([N+](=O)[O-])cc2Cl)o1. The maximum Gasteiger partial charge on any atom is 0.332 e. The number of rotatable bonds is 4. The molecule has 21 heavy (non-hydrogen) atoms. The largest absolute Gasteiger partial charge is 0.455 e. The van der Waals surface area contributed by atoms with E-state index in [0.29, 0.717) is 17.1 Å². The summed E-state index contributed by atoms with van der Waals surface area (Å²) in [6, 6.07) is 6.48. The predicted octanol–water partition coefficient (Wildman–Crippen LogP) is 2.51. The van der Waals surface area contributed by atoms with Crippen LogP contribution in [0.5, 0.6) is 0 Å². The van der Waals surface area contributed by atoms with Crippen LogP contribution in [0.4, 0.5) is 10.5 Å². The molecule has 0 radical (unpaired) electrons. The van der Waals surface area contributed by atoms with Crippen molar-refractivity contribution in [2.45, 2.75) is 0 Å². The molecule has 2 aromatic rings. The number of carbonyl (C=O) groups is 1. The number of nitrogens with two attached hydrogens (primary N) is 1. The third-order valence-corrected chi connectivity index (χ3v) is 2.73. The van der Waals surface area contributed by atoms with Gasteiger partial charge >= 0.3 is 6.03 Å². The molecule has 1 heterocycles. The molecule has 2 rings (SSSR count). The summed E-state index contributed by atoms with van der Waals surface area (Å²) in [7, 11) is 0. The summed E-state index contributed by atoms with van der Waals surface area (Å²) in [4.78, 5) is 20.5. The van der Waals surface area contributed by atoms with Gasteiger partial charge < -0.3 is 10.2 Å². The number of nitro benzene ring substituents is 1. The molecule has 1 aromatic carbocycles. The molecule has 2 amide bonds. The van der Waals surface area contributed by atoms with Gasteiger partial charge in [0.05, 0.1) is 16.2 Å². The molecule has 0 bridgehead atoms. The number of nitrogens with zero attached hydrogens (tertiary/aromatic N) is 2. The summed E-state index contributed by atoms with van der Waals surface area (Å²) in [6.45, 7) is 0. The molecule has 108 valence electrons. The van der Waals surface area contributed by atoms with Gasteiger partial charge in [-0.2, -0.15) is 5.10 Å². The van der Waals surface area contributed by atoms with Crippen LogP contribution >= 0.6 is 11.6 Å². The number of hydrogen-bond acceptors (Lipinski definition) is 5. The minimum atomic E-state index is -0.795. The first-order valence-electron chi connectivity index (χ1n) is 5.60. The van der Waals surface area contributed by atoms with Crippen molar-refractivity contribution in [3.05, 3.63) is 51.2 Å². The van der Waals surface area contributed by atoms with Crippen molar-refractivity contribution >= 4 is 29.5 Å². The molecule has 0 spiro atoms. The number of carbonyl (C=O) groups excluding carboxylic acids is 1. The second-order valence-electron chi connectivity index (χ2n) is 3.86. The zero-order valence-corrected chi connectivity index (χ0v) is 11.2. The summed E-state index contributed by atoms with van der Waals surface area (Å²) in [5, 5.41) is 14.4. The number of hydrogen-bond donors (Lipinski definition) is 2. The average Bonchev–Trinajstić information content (AvgIpc) is 2.86. The summed E-state index contributed by atoms with van der Waals surface area (Å²) in [5.74, 6) is 0.767. The van der Waals surface area contributed by atoms with E-state index in [9.17, 15) is 14.9 Å². The first-order valence-corrected chi connectivity index (χ1v) is 5.98. The van der Waals surface area contributed by atoms with Gasteiger partial charge in [-0.25, -0.2) is 10.2 Å². The summed E-state index contributed by atoms with van der Waals surface area (Å²) in [6.07, 6.45) is 1.26. The Labute approximate surface area is 123 Å². The van der Waals surface area contributed by atoms with E-state index in [0.717, 1.165) is 0 Å². The third kappa shape index (κ3) is 3.57. The van der Waals surface area contributed by atoms with Crippen LogP contribution in [0.1, 0.15) is 5.76 Å². The number of furan rings is 1. The monoisotopic (exact) mass is 308 g/mol. The normalized spacial score (nSPS) is 10.7. The lowest BCUT2D eigenvalue weighted by atomic mass is 10.1. The lowest BCUT2D eigenvalue weighted by Gasteiger charge is -2.00. The zero-order chi connectivity index (χ0) is 15.4. The van der Waals surface area contributed by atoms with Crippen LogP contribution in [0, 0.1) is 10.1 Å². The van der Waals surface area contributed by atoms with Gasteiger partial charge in [-0.05, 0) is 18.2 Å². The van der Waals surface area contributed by atoms with Crippen molar-refractivity contribution < 1.29 is 14.1 Å². The van der Waals surface area contributed by atoms with Gasteiger partial charge in [-0.15, -0.1) is 0 Å². The number of primary amides is 1. The standard InChI is InChI=1S/C12H9ClN4O4/c13-10-5-7(17(19)20)1-3-9(10)11-4-2-8(21-11)6-15-16-12(14)18/h1-6H,(H3,14,16,18)/b15-6-. The van der Waals surface area contributed by atoms with Crippen molar-refractivity contribution in [3.8, 4) is 11.3 Å². The Balaban J connectivity index is 2.23. The Morgan fingerprint density at radius 1 is 1.43 bits per heavy atom. The molecule has 1 aromatic heterocycles. The lowest BCUT2D eigenvalue weighted by molar-refractivity contribution is -0.384. The summed E-state index contributed by atoms with van der Waals surface area (Å²) in [5.41, 5.74) is 7.26. The number of non-ortho nitro benzene ring substituents is 1. The first kappa shape index (κ1) is 14.5. The molecule has 0 fully saturated rings. The number of nitrogens with one attached hydrogen (secondary N) is 1. The molecule has 0 aliphatic heterocycles. The van der Waals surface area contributed by atoms with E-state index in [1.165, 1.54) is 24.4 Å². The number of nitro groups is 1. The number of benzene rings is 1. The number of urea groups is 1. The Morgan fingerprint density at radius 3 is 2.81 bits per heavy atom. The van der Waals surface area contributed by atoms with Crippen LogP contribution in [-0.4, -0.2) is 17.2 Å². The Hall–Kier alpha value is -2.87. The molecule has 8 nitrogen and oxygen atoms in total. The summed E-state index contributed by atoms with van der Waals surface area (Å²) < 4.78 is 5.44. The van der Waals surface area contributed by atoms with Crippen molar-refractivity contribution in [2.75, 3.05) is 0 Å². The highest BCUT2D eigenvalue weighted by molar-refractivity contribution is 6.33. The smallest absolute Gasteiger partial charge is 0.332 e. The van der Waals surface area contributed by atoms with Crippen LogP contribution in [0.3, 0.4) is 0 Å². The average molecular weight is 309 g/mol. The molecule has 0 atom stereocenters. The van der Waals surface area contributed by atoms with Crippen LogP contribution in [0.25, 0.3) is 11.3 Å². The number of halogens is 1. The number of hydrazone groups is 1. The molecule has 0 aliphatic carbocycles. The fourth-order valence-corrected chi connectivity index (χ4v) is 1.81. The van der Waals surface area contributed by atoms with E-state index < -0.39 is 11.0 Å². The van der Waals surface area contributed by atoms with E-state index in [4.69, 9.17) is 21.8 Å². The van der Waals surface area contributed by atoms with Gasteiger partial charge in [0.25, 0.3) is 5.69 Å². The van der Waals surface area contributed by atoms with Gasteiger partial charge in [-0.1, -0.05) is 11.6 Å². The van der Waals surface area contributed by atoms with E-state index in [-0.39, 0.29) is 10.7 Å². The van der Waals surface area contributed by atoms with Crippen LogP contribution in [0.2, 0.25) is 5.02 Å².